The van der Waals surface area contributed by atoms with E-state index in [0.29, 0.717) is 30.5 Å². The molecule has 0 fully saturated rings. The van der Waals surface area contributed by atoms with E-state index in [1.165, 1.54) is 0 Å². The van der Waals surface area contributed by atoms with Gasteiger partial charge in [0.15, 0.2) is 0 Å². The summed E-state index contributed by atoms with van der Waals surface area (Å²) in [6.07, 6.45) is 0. The minimum absolute atomic E-state index is 0.333. The van der Waals surface area contributed by atoms with Crippen LogP contribution >= 0.6 is 0 Å². The summed E-state index contributed by atoms with van der Waals surface area (Å²) >= 11 is 0. The fourth-order valence-electron chi connectivity index (χ4n) is 3.56. The molecule has 0 N–H and O–H groups in total. The number of rotatable bonds is 3. The monoisotopic (exact) mass is 365 g/mol. The normalized spacial score (nSPS) is 14.3. The smallest absolute Gasteiger partial charge is 0.344 e. The molecule has 0 amide bonds. The number of ether oxygens (including phenoxy) is 2. The van der Waals surface area contributed by atoms with Crippen LogP contribution in [0.1, 0.15) is 25.0 Å². The van der Waals surface area contributed by atoms with E-state index < -0.39 is 0 Å². The van der Waals surface area contributed by atoms with Crippen LogP contribution in [0.4, 0.5) is 0 Å². The Balaban J connectivity index is 1.89. The lowest BCUT2D eigenvalue weighted by atomic mass is 9.97. The van der Waals surface area contributed by atoms with Gasteiger partial charge >= 0.3 is 5.63 Å². The van der Waals surface area contributed by atoms with Gasteiger partial charge in [-0.2, -0.15) is 0 Å². The summed E-state index contributed by atoms with van der Waals surface area (Å²) in [5.41, 5.74) is 3.55. The number of hydrogen-bond donors (Lipinski definition) is 0. The number of aryl methyl sites for hydroxylation is 1. The highest BCUT2D eigenvalue weighted by Gasteiger charge is 2.24. The van der Waals surface area contributed by atoms with Gasteiger partial charge in [0, 0.05) is 18.0 Å². The molecular formula is C22H23NO4. The molecule has 2 heterocycles. The second-order valence-corrected chi connectivity index (χ2v) is 7.15. The summed E-state index contributed by atoms with van der Waals surface area (Å²) in [5.74, 6) is 1.54. The Bertz CT molecular complexity index is 1050. The van der Waals surface area contributed by atoms with E-state index in [4.69, 9.17) is 13.9 Å². The maximum atomic E-state index is 12.9. The Morgan fingerprint density at radius 2 is 1.85 bits per heavy atom. The molecule has 3 aromatic rings. The molecule has 5 heteroatoms. The van der Waals surface area contributed by atoms with Crippen LogP contribution < -0.4 is 15.1 Å². The van der Waals surface area contributed by atoms with Crippen LogP contribution in [0, 0.1) is 6.92 Å². The van der Waals surface area contributed by atoms with Gasteiger partial charge in [0.25, 0.3) is 0 Å². The molecule has 1 aromatic heterocycles. The zero-order valence-corrected chi connectivity index (χ0v) is 16.0. The molecule has 0 saturated carbocycles. The lowest BCUT2D eigenvalue weighted by molar-refractivity contribution is 0.0689. The molecule has 0 atom stereocenters. The third-order valence-corrected chi connectivity index (χ3v) is 5.25. The van der Waals surface area contributed by atoms with Gasteiger partial charge in [0.2, 0.25) is 0 Å². The average Bonchev–Trinajstić information content (AvgIpc) is 2.68. The molecule has 4 rings (SSSR count). The van der Waals surface area contributed by atoms with Gasteiger partial charge < -0.3 is 13.9 Å². The Labute approximate surface area is 158 Å². The Hall–Kier alpha value is -2.79. The molecule has 0 aliphatic carbocycles. The molecule has 0 saturated heterocycles. The van der Waals surface area contributed by atoms with Crippen molar-refractivity contribution in [2.24, 2.45) is 0 Å². The van der Waals surface area contributed by atoms with Crippen molar-refractivity contribution in [3.8, 4) is 22.6 Å². The second-order valence-electron chi connectivity index (χ2n) is 7.15. The molecular weight excluding hydrogens is 342 g/mol. The third kappa shape index (κ3) is 2.98. The number of methoxy groups -OCH3 is 1. The molecule has 0 spiro atoms. The Morgan fingerprint density at radius 1 is 1.11 bits per heavy atom. The average molecular weight is 365 g/mol. The molecule has 0 unspecified atom stereocenters. The zero-order chi connectivity index (χ0) is 19.1. The fraction of sp³-hybridized carbons (Fsp3) is 0.318. The standard InChI is InChI=1S/C22H23NO4/c1-13(2)23-11-18-19(26-12-23)10-9-17-14(3)20(22(24)27-21(17)18)15-5-7-16(25-4)8-6-15/h5-10,13H,11-12H2,1-4H3. The van der Waals surface area contributed by atoms with Gasteiger partial charge in [-0.25, -0.2) is 4.79 Å². The number of fused-ring (bicyclic) bond motifs is 3. The summed E-state index contributed by atoms with van der Waals surface area (Å²) < 4.78 is 16.9. The lowest BCUT2D eigenvalue weighted by Gasteiger charge is -2.32. The van der Waals surface area contributed by atoms with E-state index >= 15 is 0 Å². The first-order valence-corrected chi connectivity index (χ1v) is 9.10. The van der Waals surface area contributed by atoms with Crippen molar-refractivity contribution < 1.29 is 13.9 Å². The van der Waals surface area contributed by atoms with Crippen LogP contribution in [0.5, 0.6) is 11.5 Å². The molecule has 0 bridgehead atoms. The topological polar surface area (TPSA) is 51.9 Å². The first-order chi connectivity index (χ1) is 13.0. The third-order valence-electron chi connectivity index (χ3n) is 5.25. The molecule has 27 heavy (non-hydrogen) atoms. The van der Waals surface area contributed by atoms with Crippen molar-refractivity contribution in [1.29, 1.82) is 0 Å². The molecule has 2 aromatic carbocycles. The van der Waals surface area contributed by atoms with E-state index in [2.05, 4.69) is 18.7 Å². The molecule has 1 aliphatic rings. The van der Waals surface area contributed by atoms with Gasteiger partial charge in [-0.05, 0) is 56.2 Å². The van der Waals surface area contributed by atoms with Gasteiger partial charge in [0.05, 0.1) is 18.2 Å². The number of hydrogen-bond acceptors (Lipinski definition) is 5. The van der Waals surface area contributed by atoms with Crippen LogP contribution in [-0.4, -0.2) is 24.8 Å². The van der Waals surface area contributed by atoms with Crippen molar-refractivity contribution in [2.75, 3.05) is 13.8 Å². The van der Waals surface area contributed by atoms with Crippen LogP contribution in [0.15, 0.2) is 45.6 Å². The van der Waals surface area contributed by atoms with Crippen LogP contribution in [-0.2, 0) is 6.54 Å². The SMILES string of the molecule is COc1ccc(-c2c(C)c3ccc4c(c3oc2=O)CN(C(C)C)CO4)cc1. The van der Waals surface area contributed by atoms with E-state index in [9.17, 15) is 4.79 Å². The number of nitrogens with zero attached hydrogens (tertiary/aromatic N) is 1. The quantitative estimate of drug-likeness (QED) is 0.647. The predicted octanol–water partition coefficient (Wildman–Crippen LogP) is 4.34. The minimum Gasteiger partial charge on any atom is -0.497 e. The van der Waals surface area contributed by atoms with Crippen LogP contribution in [0.25, 0.3) is 22.1 Å². The lowest BCUT2D eigenvalue weighted by Crippen LogP contribution is -2.37. The predicted molar refractivity (Wildman–Crippen MR) is 105 cm³/mol. The van der Waals surface area contributed by atoms with Gasteiger partial charge in [-0.15, -0.1) is 0 Å². The highest BCUT2D eigenvalue weighted by atomic mass is 16.5. The summed E-state index contributed by atoms with van der Waals surface area (Å²) in [6, 6.07) is 11.8. The van der Waals surface area contributed by atoms with E-state index in [0.717, 1.165) is 33.6 Å². The van der Waals surface area contributed by atoms with Gasteiger partial charge in [-0.1, -0.05) is 12.1 Å². The van der Waals surface area contributed by atoms with Crippen LogP contribution in [0.3, 0.4) is 0 Å². The first-order valence-electron chi connectivity index (χ1n) is 9.10. The first kappa shape index (κ1) is 17.6. The van der Waals surface area contributed by atoms with E-state index in [1.54, 1.807) is 7.11 Å². The van der Waals surface area contributed by atoms with Gasteiger partial charge in [0.1, 0.15) is 23.8 Å². The Kier molecular flexibility index (Phi) is 4.40. The highest BCUT2D eigenvalue weighted by molar-refractivity contribution is 5.90. The number of benzene rings is 2. The van der Waals surface area contributed by atoms with E-state index in [-0.39, 0.29) is 5.63 Å². The minimum atomic E-state index is -0.333. The summed E-state index contributed by atoms with van der Waals surface area (Å²) in [7, 11) is 1.62. The maximum Gasteiger partial charge on any atom is 0.344 e. The molecule has 5 nitrogen and oxygen atoms in total. The van der Waals surface area contributed by atoms with Crippen LogP contribution in [0.2, 0.25) is 0 Å². The fourth-order valence-corrected chi connectivity index (χ4v) is 3.56. The van der Waals surface area contributed by atoms with Gasteiger partial charge in [-0.3, -0.25) is 4.90 Å². The molecule has 1 aliphatic heterocycles. The van der Waals surface area contributed by atoms with Crippen molar-refractivity contribution in [2.45, 2.75) is 33.4 Å². The van der Waals surface area contributed by atoms with Crippen molar-refractivity contribution in [1.82, 2.24) is 4.90 Å². The largest absolute Gasteiger partial charge is 0.497 e. The van der Waals surface area contributed by atoms with Crippen molar-refractivity contribution >= 4 is 11.0 Å². The Morgan fingerprint density at radius 3 is 2.52 bits per heavy atom. The van der Waals surface area contributed by atoms with Crippen molar-refractivity contribution in [3.05, 3.63) is 57.9 Å². The van der Waals surface area contributed by atoms with Crippen molar-refractivity contribution in [3.63, 3.8) is 0 Å². The van der Waals surface area contributed by atoms with E-state index in [1.807, 2.05) is 43.3 Å². The second kappa shape index (κ2) is 6.74. The summed E-state index contributed by atoms with van der Waals surface area (Å²) in [4.78, 5) is 15.1. The summed E-state index contributed by atoms with van der Waals surface area (Å²) in [5, 5.41) is 0.938. The summed E-state index contributed by atoms with van der Waals surface area (Å²) in [6.45, 7) is 7.47. The zero-order valence-electron chi connectivity index (χ0n) is 16.0. The highest BCUT2D eigenvalue weighted by Crippen LogP contribution is 2.36. The molecule has 0 radical (unpaired) electrons. The molecule has 140 valence electrons. The maximum absolute atomic E-state index is 12.9.